The van der Waals surface area contributed by atoms with E-state index in [-0.39, 0.29) is 0 Å². The van der Waals surface area contributed by atoms with Crippen LogP contribution in [0.2, 0.25) is 19.6 Å². The van der Waals surface area contributed by atoms with Gasteiger partial charge in [0.25, 0.3) is 0 Å². The van der Waals surface area contributed by atoms with Crippen LogP contribution in [0.4, 0.5) is 0 Å². The second-order valence-electron chi connectivity index (χ2n) is 6.11. The number of rotatable bonds is 7. The fourth-order valence-corrected chi connectivity index (χ4v) is 3.97. The predicted molar refractivity (Wildman–Crippen MR) is 88.2 cm³/mol. The van der Waals surface area contributed by atoms with Gasteiger partial charge in [-0.15, -0.1) is 0 Å². The summed E-state index contributed by atoms with van der Waals surface area (Å²) in [7, 11) is -1.89. The van der Waals surface area contributed by atoms with Crippen LogP contribution in [0.5, 0.6) is 0 Å². The Hall–Kier alpha value is -1.32. The molecule has 1 atom stereocenters. The van der Waals surface area contributed by atoms with E-state index >= 15 is 0 Å². The quantitative estimate of drug-likeness (QED) is 0.462. The molecule has 0 aliphatic heterocycles. The second kappa shape index (κ2) is 6.42. The molecule has 0 amide bonds. The summed E-state index contributed by atoms with van der Waals surface area (Å²) in [5.41, 5.74) is 1.71. The molecule has 0 saturated heterocycles. The first-order valence-corrected chi connectivity index (χ1v) is 10.5. The van der Waals surface area contributed by atoms with Crippen LogP contribution in [0.15, 0.2) is 54.8 Å². The smallest absolute Gasteiger partial charge is 0.114 e. The molecule has 0 radical (unpaired) electrons. The highest BCUT2D eigenvalue weighted by Gasteiger charge is 2.43. The highest BCUT2D eigenvalue weighted by molar-refractivity contribution is 6.78. The van der Waals surface area contributed by atoms with Crippen LogP contribution < -0.4 is 0 Å². The van der Waals surface area contributed by atoms with E-state index in [1.807, 2.05) is 37.3 Å². The molecule has 0 saturated carbocycles. The molecule has 1 unspecified atom stereocenters. The minimum Gasteiger partial charge on any atom is -0.494 e. The van der Waals surface area contributed by atoms with E-state index in [9.17, 15) is 5.11 Å². The maximum Gasteiger partial charge on any atom is 0.114 e. The fraction of sp³-hybridized carbons (Fsp3) is 0.412. The van der Waals surface area contributed by atoms with E-state index in [2.05, 4.69) is 32.8 Å². The Kier molecular flexibility index (Phi) is 5.37. The zero-order valence-electron chi connectivity index (χ0n) is 13.1. The Balaban J connectivity index is 3.09. The van der Waals surface area contributed by atoms with Crippen molar-refractivity contribution in [3.63, 3.8) is 0 Å². The molecule has 0 aliphatic rings. The Morgan fingerprint density at radius 2 is 1.75 bits per heavy atom. The van der Waals surface area contributed by atoms with Crippen molar-refractivity contribution in [1.29, 1.82) is 0 Å². The van der Waals surface area contributed by atoms with Gasteiger partial charge >= 0.3 is 0 Å². The summed E-state index contributed by atoms with van der Waals surface area (Å²) < 4.78 is 5.41. The van der Waals surface area contributed by atoms with Crippen LogP contribution in [-0.2, 0) is 9.96 Å². The highest BCUT2D eigenvalue weighted by atomic mass is 28.3. The van der Waals surface area contributed by atoms with Crippen molar-refractivity contribution in [3.05, 3.63) is 60.4 Å². The van der Waals surface area contributed by atoms with Gasteiger partial charge in [-0.1, -0.05) is 63.1 Å². The molecule has 1 rings (SSSR count). The average molecular weight is 290 g/mol. The molecule has 1 aromatic rings. The van der Waals surface area contributed by atoms with Gasteiger partial charge in [0.1, 0.15) is 5.76 Å². The van der Waals surface area contributed by atoms with Gasteiger partial charge in [0.05, 0.1) is 19.9 Å². The molecule has 0 spiro atoms. The van der Waals surface area contributed by atoms with Gasteiger partial charge in [-0.25, -0.2) is 0 Å². The topological polar surface area (TPSA) is 29.5 Å². The molecule has 0 aliphatic carbocycles. The van der Waals surface area contributed by atoms with Crippen LogP contribution >= 0.6 is 0 Å². The van der Waals surface area contributed by atoms with E-state index < -0.39 is 13.3 Å². The highest BCUT2D eigenvalue weighted by Crippen LogP contribution is 2.38. The van der Waals surface area contributed by atoms with Gasteiger partial charge in [-0.2, -0.15) is 0 Å². The monoisotopic (exact) mass is 290 g/mol. The van der Waals surface area contributed by atoms with Gasteiger partial charge in [0.15, 0.2) is 0 Å². The molecule has 0 aromatic heterocycles. The summed E-state index contributed by atoms with van der Waals surface area (Å²) in [6.45, 7) is 16.9. The summed E-state index contributed by atoms with van der Waals surface area (Å²) in [5.74, 6) is 0.570. The van der Waals surface area contributed by atoms with Gasteiger partial charge in [-0.3, -0.25) is 0 Å². The van der Waals surface area contributed by atoms with E-state index in [4.69, 9.17) is 4.74 Å². The van der Waals surface area contributed by atoms with E-state index in [1.54, 1.807) is 0 Å². The van der Waals surface area contributed by atoms with E-state index in [0.29, 0.717) is 18.8 Å². The molecule has 0 bridgehead atoms. The van der Waals surface area contributed by atoms with Crippen LogP contribution in [0.25, 0.3) is 0 Å². The Morgan fingerprint density at radius 3 is 2.20 bits per heavy atom. The lowest BCUT2D eigenvalue weighted by Gasteiger charge is -2.40. The van der Waals surface area contributed by atoms with Crippen LogP contribution in [-0.4, -0.2) is 19.8 Å². The summed E-state index contributed by atoms with van der Waals surface area (Å²) in [5, 5.41) is 10.4. The van der Waals surface area contributed by atoms with Crippen molar-refractivity contribution in [2.24, 2.45) is 0 Å². The number of aliphatic hydroxyl groups is 1. The lowest BCUT2D eigenvalue weighted by Crippen LogP contribution is -2.49. The zero-order valence-corrected chi connectivity index (χ0v) is 14.1. The minimum atomic E-state index is -1.89. The van der Waals surface area contributed by atoms with Gasteiger partial charge in [-0.05, 0) is 18.1 Å². The van der Waals surface area contributed by atoms with Gasteiger partial charge < -0.3 is 9.84 Å². The molecular weight excluding hydrogens is 264 g/mol. The molecule has 110 valence electrons. The average Bonchev–Trinajstić information content (AvgIpc) is 2.38. The second-order valence-corrected chi connectivity index (χ2v) is 11.4. The number of benzene rings is 1. The zero-order chi connectivity index (χ0) is 15.4. The largest absolute Gasteiger partial charge is 0.494 e. The standard InChI is InChI=1S/C17H26O2Si/c1-7-19-15(3)14(2)13-17(18,20(4,5)6)16-11-9-8-10-12-16/h8-12,18H,2-3,7,13H2,1,4-6H3. The Morgan fingerprint density at radius 1 is 1.20 bits per heavy atom. The molecule has 2 nitrogen and oxygen atoms in total. The SMILES string of the molecule is C=C(CC(O)(c1ccccc1)[Si](C)(C)C)C(=C)OCC. The molecule has 3 heteroatoms. The lowest BCUT2D eigenvalue weighted by molar-refractivity contribution is 0.111. The minimum absolute atomic E-state index is 0.464. The Bertz CT molecular complexity index is 474. The van der Waals surface area contributed by atoms with Crippen LogP contribution in [0, 0.1) is 0 Å². The third kappa shape index (κ3) is 3.61. The maximum absolute atomic E-state index is 11.3. The molecule has 1 N–H and O–H groups in total. The first kappa shape index (κ1) is 16.7. The fourth-order valence-electron chi connectivity index (χ4n) is 2.20. The van der Waals surface area contributed by atoms with Crippen LogP contribution in [0.1, 0.15) is 18.9 Å². The Labute approximate surface area is 123 Å². The van der Waals surface area contributed by atoms with Crippen molar-refractivity contribution < 1.29 is 9.84 Å². The van der Waals surface area contributed by atoms with E-state index in [1.165, 1.54) is 0 Å². The normalized spacial score (nSPS) is 14.4. The molecular formula is C17H26O2Si. The van der Waals surface area contributed by atoms with E-state index in [0.717, 1.165) is 11.1 Å². The third-order valence-electron chi connectivity index (χ3n) is 3.67. The lowest BCUT2D eigenvalue weighted by atomic mass is 10.0. The number of hydrogen-bond donors (Lipinski definition) is 1. The van der Waals surface area contributed by atoms with Crippen molar-refractivity contribution in [1.82, 2.24) is 0 Å². The first-order chi connectivity index (χ1) is 9.22. The van der Waals surface area contributed by atoms with Gasteiger partial charge in [0, 0.05) is 6.42 Å². The van der Waals surface area contributed by atoms with Crippen molar-refractivity contribution in [3.8, 4) is 0 Å². The summed E-state index contributed by atoms with van der Waals surface area (Å²) >= 11 is 0. The molecule has 1 aromatic carbocycles. The summed E-state index contributed by atoms with van der Waals surface area (Å²) in [6, 6.07) is 9.84. The van der Waals surface area contributed by atoms with Gasteiger partial charge in [0.2, 0.25) is 0 Å². The molecule has 0 fully saturated rings. The third-order valence-corrected chi connectivity index (χ3v) is 6.62. The number of hydrogen-bond acceptors (Lipinski definition) is 2. The van der Waals surface area contributed by atoms with Crippen molar-refractivity contribution in [2.45, 2.75) is 38.2 Å². The number of allylic oxidation sites excluding steroid dienone is 1. The maximum atomic E-state index is 11.3. The predicted octanol–water partition coefficient (Wildman–Crippen LogP) is 4.25. The van der Waals surface area contributed by atoms with Crippen molar-refractivity contribution in [2.75, 3.05) is 6.61 Å². The van der Waals surface area contributed by atoms with Crippen LogP contribution in [0.3, 0.4) is 0 Å². The summed E-state index contributed by atoms with van der Waals surface area (Å²) in [6.07, 6.45) is 0.464. The molecule has 0 heterocycles. The first-order valence-electron chi connectivity index (χ1n) is 7.00. The number of ether oxygens (including phenoxy) is 1. The summed E-state index contributed by atoms with van der Waals surface area (Å²) in [4.78, 5) is 0. The molecule has 20 heavy (non-hydrogen) atoms. The van der Waals surface area contributed by atoms with Crippen molar-refractivity contribution >= 4 is 8.07 Å².